The van der Waals surface area contributed by atoms with Gasteiger partial charge in [0, 0.05) is 12.0 Å². The molecular weight excluding hydrogens is 216 g/mol. The molecule has 2 rings (SSSR count). The van der Waals surface area contributed by atoms with Gasteiger partial charge in [-0.15, -0.1) is 0 Å². The lowest BCUT2D eigenvalue weighted by molar-refractivity contribution is -0.905. The summed E-state index contributed by atoms with van der Waals surface area (Å²) < 4.78 is 10.6. The molecule has 0 saturated carbocycles. The van der Waals surface area contributed by atoms with Gasteiger partial charge in [-0.1, -0.05) is 0 Å². The average Bonchev–Trinajstić information content (AvgIpc) is 2.37. The highest BCUT2D eigenvalue weighted by molar-refractivity contribution is 5.49. The van der Waals surface area contributed by atoms with Crippen molar-refractivity contribution in [2.24, 2.45) is 0 Å². The first-order valence-corrected chi connectivity index (χ1v) is 5.68. The molecule has 1 aromatic rings. The molecule has 17 heavy (non-hydrogen) atoms. The first-order valence-electron chi connectivity index (χ1n) is 5.68. The van der Waals surface area contributed by atoms with Crippen LogP contribution in [0, 0.1) is 11.3 Å². The SMILES string of the molecule is COc1cc2c(cc1OC)[C@H](C#N)[NH+](C)CC2. The number of quaternary nitrogens is 1. The number of rotatable bonds is 2. The van der Waals surface area contributed by atoms with Crippen LogP contribution in [0.2, 0.25) is 0 Å². The van der Waals surface area contributed by atoms with Crippen molar-refractivity contribution in [3.8, 4) is 17.6 Å². The quantitative estimate of drug-likeness (QED) is 0.801. The van der Waals surface area contributed by atoms with Gasteiger partial charge in [-0.25, -0.2) is 0 Å². The molecule has 1 aromatic carbocycles. The maximum atomic E-state index is 9.26. The molecule has 1 N–H and O–H groups in total. The Morgan fingerprint density at radius 3 is 2.53 bits per heavy atom. The van der Waals surface area contributed by atoms with E-state index in [9.17, 15) is 5.26 Å². The van der Waals surface area contributed by atoms with Gasteiger partial charge in [0.2, 0.25) is 6.04 Å². The summed E-state index contributed by atoms with van der Waals surface area (Å²) in [6, 6.07) is 6.18. The number of likely N-dealkylation sites (N-methyl/N-ethyl adjacent to an activating group) is 1. The van der Waals surface area contributed by atoms with Crippen molar-refractivity contribution in [1.82, 2.24) is 0 Å². The van der Waals surface area contributed by atoms with Crippen LogP contribution >= 0.6 is 0 Å². The second kappa shape index (κ2) is 4.64. The lowest BCUT2D eigenvalue weighted by Crippen LogP contribution is -3.10. The van der Waals surface area contributed by atoms with Crippen LogP contribution in [0.3, 0.4) is 0 Å². The van der Waals surface area contributed by atoms with Crippen LogP contribution in [0.1, 0.15) is 17.2 Å². The van der Waals surface area contributed by atoms with Crippen LogP contribution in [-0.4, -0.2) is 27.8 Å². The van der Waals surface area contributed by atoms with Crippen molar-refractivity contribution in [1.29, 1.82) is 5.26 Å². The molecular formula is C13H17N2O2+. The molecule has 1 heterocycles. The molecule has 0 aromatic heterocycles. The smallest absolute Gasteiger partial charge is 0.200 e. The fraction of sp³-hybridized carbons (Fsp3) is 0.462. The summed E-state index contributed by atoms with van der Waals surface area (Å²) in [7, 11) is 5.30. The molecule has 1 aliphatic rings. The molecule has 4 heteroatoms. The minimum atomic E-state index is -0.112. The van der Waals surface area contributed by atoms with Crippen LogP contribution in [0.5, 0.6) is 11.5 Å². The summed E-state index contributed by atoms with van der Waals surface area (Å²) >= 11 is 0. The minimum Gasteiger partial charge on any atom is -0.493 e. The maximum Gasteiger partial charge on any atom is 0.200 e. The Morgan fingerprint density at radius 1 is 1.29 bits per heavy atom. The third-order valence-corrected chi connectivity index (χ3v) is 3.37. The van der Waals surface area contributed by atoms with E-state index in [1.165, 1.54) is 10.5 Å². The van der Waals surface area contributed by atoms with Crippen molar-refractivity contribution in [2.75, 3.05) is 27.8 Å². The molecule has 0 bridgehead atoms. The average molecular weight is 233 g/mol. The largest absolute Gasteiger partial charge is 0.493 e. The molecule has 0 spiro atoms. The van der Waals surface area contributed by atoms with Crippen molar-refractivity contribution in [3.05, 3.63) is 23.3 Å². The summed E-state index contributed by atoms with van der Waals surface area (Å²) in [4.78, 5) is 1.23. The van der Waals surface area contributed by atoms with Crippen LogP contribution in [0.4, 0.5) is 0 Å². The van der Waals surface area contributed by atoms with Gasteiger partial charge in [0.25, 0.3) is 0 Å². The third-order valence-electron chi connectivity index (χ3n) is 3.37. The number of nitrogens with one attached hydrogen (secondary N) is 1. The Bertz CT molecular complexity index is 465. The molecule has 90 valence electrons. The first kappa shape index (κ1) is 11.7. The Kier molecular flexibility index (Phi) is 3.21. The number of ether oxygens (including phenoxy) is 2. The Balaban J connectivity index is 2.53. The molecule has 0 fully saturated rings. The number of methoxy groups -OCH3 is 2. The summed E-state index contributed by atoms with van der Waals surface area (Å²) in [5.41, 5.74) is 2.26. The zero-order chi connectivity index (χ0) is 12.4. The molecule has 0 saturated heterocycles. The number of benzene rings is 1. The highest BCUT2D eigenvalue weighted by Gasteiger charge is 2.29. The molecule has 0 aliphatic carbocycles. The van der Waals surface area contributed by atoms with Gasteiger partial charge in [0.1, 0.15) is 6.07 Å². The van der Waals surface area contributed by atoms with Crippen LogP contribution in [-0.2, 0) is 6.42 Å². The summed E-state index contributed by atoms with van der Waals surface area (Å²) in [5, 5.41) is 9.26. The molecule has 0 amide bonds. The van der Waals surface area contributed by atoms with Crippen LogP contribution < -0.4 is 14.4 Å². The lowest BCUT2D eigenvalue weighted by Gasteiger charge is -2.27. The van der Waals surface area contributed by atoms with Gasteiger partial charge >= 0.3 is 0 Å². The summed E-state index contributed by atoms with van der Waals surface area (Å²) in [6.07, 6.45) is 0.972. The monoisotopic (exact) mass is 233 g/mol. The van der Waals surface area contributed by atoms with E-state index in [2.05, 4.69) is 6.07 Å². The van der Waals surface area contributed by atoms with E-state index >= 15 is 0 Å². The highest BCUT2D eigenvalue weighted by Crippen LogP contribution is 2.33. The van der Waals surface area contributed by atoms with Gasteiger partial charge in [0.05, 0.1) is 27.8 Å². The standard InChI is InChI=1S/C13H16N2O2/c1-15-5-4-9-6-12(16-2)13(17-3)7-10(9)11(15)8-14/h6-7,11H,4-5H2,1-3H3/p+1/t11-/m0/s1. The first-order chi connectivity index (χ1) is 8.21. The number of fused-ring (bicyclic) bond motifs is 1. The van der Waals surface area contributed by atoms with Gasteiger partial charge in [-0.2, -0.15) is 5.26 Å². The summed E-state index contributed by atoms with van der Waals surface area (Å²) in [5.74, 6) is 1.43. The molecule has 2 atom stereocenters. The predicted octanol–water partition coefficient (Wildman–Crippen LogP) is 0.339. The fourth-order valence-electron chi connectivity index (χ4n) is 2.34. The number of nitriles is 1. The van der Waals surface area contributed by atoms with Gasteiger partial charge in [0.15, 0.2) is 11.5 Å². The summed E-state index contributed by atoms with van der Waals surface area (Å²) in [6.45, 7) is 0.973. The number of hydrogen-bond acceptors (Lipinski definition) is 3. The maximum absolute atomic E-state index is 9.26. The highest BCUT2D eigenvalue weighted by atomic mass is 16.5. The molecule has 1 aliphatic heterocycles. The zero-order valence-corrected chi connectivity index (χ0v) is 10.4. The number of nitrogens with zero attached hydrogens (tertiary/aromatic N) is 1. The second-order valence-corrected chi connectivity index (χ2v) is 4.31. The predicted molar refractivity (Wildman–Crippen MR) is 63.4 cm³/mol. The van der Waals surface area contributed by atoms with E-state index in [0.29, 0.717) is 5.75 Å². The Morgan fingerprint density at radius 2 is 1.94 bits per heavy atom. The van der Waals surface area contributed by atoms with Crippen molar-refractivity contribution in [3.63, 3.8) is 0 Å². The topological polar surface area (TPSA) is 46.7 Å². The minimum absolute atomic E-state index is 0.112. The van der Waals surface area contributed by atoms with E-state index in [0.717, 1.165) is 24.3 Å². The van der Waals surface area contributed by atoms with E-state index in [4.69, 9.17) is 9.47 Å². The van der Waals surface area contributed by atoms with E-state index in [1.807, 2.05) is 19.2 Å². The van der Waals surface area contributed by atoms with Crippen molar-refractivity contribution < 1.29 is 14.4 Å². The van der Waals surface area contributed by atoms with Gasteiger partial charge in [-0.3, -0.25) is 0 Å². The van der Waals surface area contributed by atoms with Crippen molar-refractivity contribution >= 4 is 0 Å². The van der Waals surface area contributed by atoms with Crippen molar-refractivity contribution in [2.45, 2.75) is 12.5 Å². The van der Waals surface area contributed by atoms with E-state index < -0.39 is 0 Å². The fourth-order valence-corrected chi connectivity index (χ4v) is 2.34. The van der Waals surface area contributed by atoms with Gasteiger partial charge in [-0.05, 0) is 17.7 Å². The molecule has 0 radical (unpaired) electrons. The van der Waals surface area contributed by atoms with Crippen LogP contribution in [0.25, 0.3) is 0 Å². The second-order valence-electron chi connectivity index (χ2n) is 4.31. The Hall–Kier alpha value is -1.73. The Labute approximate surface area is 101 Å². The van der Waals surface area contributed by atoms with E-state index in [-0.39, 0.29) is 6.04 Å². The number of hydrogen-bond donors (Lipinski definition) is 1. The molecule has 1 unspecified atom stereocenters. The van der Waals surface area contributed by atoms with Crippen LogP contribution in [0.15, 0.2) is 12.1 Å². The third kappa shape index (κ3) is 1.94. The van der Waals surface area contributed by atoms with Gasteiger partial charge < -0.3 is 14.4 Å². The lowest BCUT2D eigenvalue weighted by atomic mass is 9.93. The normalized spacial score (nSPS) is 22.5. The zero-order valence-electron chi connectivity index (χ0n) is 10.4. The van der Waals surface area contributed by atoms with E-state index in [1.54, 1.807) is 14.2 Å². The molecule has 4 nitrogen and oxygen atoms in total.